The maximum atomic E-state index is 12.4. The number of carbonyl (C=O) groups is 1. The van der Waals surface area contributed by atoms with Crippen LogP contribution < -0.4 is 5.32 Å². The predicted octanol–water partition coefficient (Wildman–Crippen LogP) is 4.57. The van der Waals surface area contributed by atoms with Crippen molar-refractivity contribution in [2.75, 3.05) is 5.32 Å². The van der Waals surface area contributed by atoms with Gasteiger partial charge in [0, 0.05) is 17.3 Å². The highest BCUT2D eigenvalue weighted by atomic mass is 35.5. The number of amides is 1. The summed E-state index contributed by atoms with van der Waals surface area (Å²) in [7, 11) is 0. The number of nitrogens with zero attached hydrogens (tertiary/aromatic N) is 2. The molecule has 0 saturated carbocycles. The van der Waals surface area contributed by atoms with Crippen molar-refractivity contribution in [3.63, 3.8) is 0 Å². The Balaban J connectivity index is 1.66. The molecule has 4 rings (SSSR count). The smallest absolute Gasteiger partial charge is 0.287 e. The van der Waals surface area contributed by atoms with Gasteiger partial charge < -0.3 is 20.0 Å². The molecule has 1 aliphatic heterocycles. The Labute approximate surface area is 157 Å². The summed E-state index contributed by atoms with van der Waals surface area (Å²) in [5, 5.41) is 26.5. The van der Waals surface area contributed by atoms with Gasteiger partial charge in [0.15, 0.2) is 6.17 Å². The van der Waals surface area contributed by atoms with E-state index in [0.29, 0.717) is 22.1 Å². The quantitative estimate of drug-likeness (QED) is 0.522. The van der Waals surface area contributed by atoms with Crippen molar-refractivity contribution in [3.05, 3.63) is 86.3 Å². The number of nitro benzene ring substituents is 1. The Hall–Kier alpha value is -3.36. The normalized spacial score (nSPS) is 16.0. The first kappa shape index (κ1) is 17.1. The molecule has 1 unspecified atom stereocenters. The van der Waals surface area contributed by atoms with Gasteiger partial charge in [-0.15, -0.1) is 0 Å². The van der Waals surface area contributed by atoms with Crippen molar-refractivity contribution in [2.24, 2.45) is 0 Å². The zero-order chi connectivity index (χ0) is 19.1. The molecule has 9 heteroatoms. The van der Waals surface area contributed by atoms with Gasteiger partial charge in [0.05, 0.1) is 10.5 Å². The number of fused-ring (bicyclic) bond motifs is 1. The number of furan rings is 1. The summed E-state index contributed by atoms with van der Waals surface area (Å²) < 4.78 is 5.71. The number of hydrogen-bond donors (Lipinski definition) is 1. The molecule has 0 spiro atoms. The van der Waals surface area contributed by atoms with Crippen LogP contribution in [0.4, 0.5) is 11.4 Å². The molecule has 1 aliphatic rings. The second kappa shape index (κ2) is 6.42. The fourth-order valence-electron chi connectivity index (χ4n) is 2.89. The molecule has 0 saturated heterocycles. The van der Waals surface area contributed by atoms with Gasteiger partial charge in [-0.3, -0.25) is 14.9 Å². The molecule has 1 amide bonds. The standard InChI is InChI=1S/C18H11ClN3O5/c19-12-9-10(5-6-14(12)22(25)26)15-7-8-16(27-15)17-20-13-4-2-1-3-11(13)18(23)21(17)24/h1-9,17,20H/q-1. The average molecular weight is 385 g/mol. The fraction of sp³-hybridized carbons (Fsp3) is 0.0556. The summed E-state index contributed by atoms with van der Waals surface area (Å²) in [6, 6.07) is 14.0. The first-order valence-corrected chi connectivity index (χ1v) is 8.24. The van der Waals surface area contributed by atoms with Crippen molar-refractivity contribution in [1.29, 1.82) is 0 Å². The van der Waals surface area contributed by atoms with Crippen molar-refractivity contribution in [2.45, 2.75) is 6.17 Å². The van der Waals surface area contributed by atoms with E-state index in [4.69, 9.17) is 16.0 Å². The molecule has 0 fully saturated rings. The molecule has 1 atom stereocenters. The first-order chi connectivity index (χ1) is 13.0. The van der Waals surface area contributed by atoms with Crippen LogP contribution in [0, 0.1) is 15.3 Å². The van der Waals surface area contributed by atoms with E-state index in [1.807, 2.05) is 0 Å². The molecule has 2 aromatic carbocycles. The number of nitrogens with one attached hydrogen (secondary N) is 1. The van der Waals surface area contributed by atoms with Crippen LogP contribution in [-0.4, -0.2) is 15.9 Å². The van der Waals surface area contributed by atoms with Crippen molar-refractivity contribution >= 4 is 28.9 Å². The maximum Gasteiger partial charge on any atom is 0.287 e. The number of rotatable bonds is 3. The van der Waals surface area contributed by atoms with Gasteiger partial charge >= 0.3 is 0 Å². The third kappa shape index (κ3) is 2.90. The van der Waals surface area contributed by atoms with Crippen LogP contribution in [0.3, 0.4) is 0 Å². The Morgan fingerprint density at radius 2 is 1.93 bits per heavy atom. The lowest BCUT2D eigenvalue weighted by Crippen LogP contribution is -2.38. The van der Waals surface area contributed by atoms with Gasteiger partial charge in [-0.05, 0) is 36.4 Å². The lowest BCUT2D eigenvalue weighted by atomic mass is 10.1. The van der Waals surface area contributed by atoms with Crippen LogP contribution in [0.25, 0.3) is 11.3 Å². The van der Waals surface area contributed by atoms with Crippen LogP contribution in [0.15, 0.2) is 59.0 Å². The fourth-order valence-corrected chi connectivity index (χ4v) is 3.14. The number of halogens is 1. The van der Waals surface area contributed by atoms with E-state index in [-0.39, 0.29) is 22.0 Å². The number of nitro groups is 1. The van der Waals surface area contributed by atoms with Crippen molar-refractivity contribution in [3.8, 4) is 11.3 Å². The van der Waals surface area contributed by atoms with E-state index in [9.17, 15) is 20.1 Å². The summed E-state index contributed by atoms with van der Waals surface area (Å²) in [6.45, 7) is 0. The van der Waals surface area contributed by atoms with E-state index < -0.39 is 17.0 Å². The number of benzene rings is 2. The van der Waals surface area contributed by atoms with E-state index in [1.165, 1.54) is 18.2 Å². The first-order valence-electron chi connectivity index (χ1n) is 7.86. The summed E-state index contributed by atoms with van der Waals surface area (Å²) in [6.07, 6.45) is -1.02. The summed E-state index contributed by atoms with van der Waals surface area (Å²) in [5.41, 5.74) is 1.12. The van der Waals surface area contributed by atoms with E-state index in [0.717, 1.165) is 0 Å². The second-order valence-electron chi connectivity index (χ2n) is 5.85. The molecule has 1 N–H and O–H groups in total. The molecule has 2 heterocycles. The minimum atomic E-state index is -1.02. The monoisotopic (exact) mass is 384 g/mol. The van der Waals surface area contributed by atoms with Crippen molar-refractivity contribution < 1.29 is 14.1 Å². The molecule has 8 nitrogen and oxygen atoms in total. The number of para-hydroxylation sites is 1. The van der Waals surface area contributed by atoms with Crippen LogP contribution >= 0.6 is 11.6 Å². The van der Waals surface area contributed by atoms with E-state index >= 15 is 0 Å². The predicted molar refractivity (Wildman–Crippen MR) is 98.2 cm³/mol. The number of carbonyl (C=O) groups excluding carboxylic acids is 1. The van der Waals surface area contributed by atoms with Gasteiger partial charge in [-0.25, -0.2) is 0 Å². The Morgan fingerprint density at radius 3 is 2.67 bits per heavy atom. The Morgan fingerprint density at radius 1 is 1.15 bits per heavy atom. The van der Waals surface area contributed by atoms with Crippen molar-refractivity contribution in [1.82, 2.24) is 5.06 Å². The molecule has 1 aromatic heterocycles. The van der Waals surface area contributed by atoms with Gasteiger partial charge in [0.25, 0.3) is 5.69 Å². The zero-order valence-corrected chi connectivity index (χ0v) is 14.3. The van der Waals surface area contributed by atoms with Crippen LogP contribution in [-0.2, 0) is 0 Å². The third-order valence-electron chi connectivity index (χ3n) is 4.21. The largest absolute Gasteiger partial charge is 0.754 e. The SMILES string of the molecule is O=C1c2ccccc2NC(c2ccc(-c3ccc([N+](=O)[O-])c(Cl)c3)o2)N1[O-]. The summed E-state index contributed by atoms with van der Waals surface area (Å²) in [4.78, 5) is 22.6. The third-order valence-corrected chi connectivity index (χ3v) is 4.51. The molecule has 27 heavy (non-hydrogen) atoms. The molecular formula is C18H11ClN3O5-. The van der Waals surface area contributed by atoms with Gasteiger partial charge in [0.1, 0.15) is 16.5 Å². The molecule has 136 valence electrons. The lowest BCUT2D eigenvalue weighted by Gasteiger charge is -2.41. The highest BCUT2D eigenvalue weighted by molar-refractivity contribution is 6.32. The highest BCUT2D eigenvalue weighted by Crippen LogP contribution is 2.36. The number of hydroxylamine groups is 2. The van der Waals surface area contributed by atoms with Gasteiger partial charge in [0.2, 0.25) is 5.91 Å². The Bertz CT molecular complexity index is 1060. The molecular weight excluding hydrogens is 374 g/mol. The second-order valence-corrected chi connectivity index (χ2v) is 6.26. The molecule has 0 aliphatic carbocycles. The zero-order valence-electron chi connectivity index (χ0n) is 13.6. The summed E-state index contributed by atoms with van der Waals surface area (Å²) >= 11 is 5.93. The molecule has 0 bridgehead atoms. The molecule has 3 aromatic rings. The topological polar surface area (TPSA) is 112 Å². The van der Waals surface area contributed by atoms with Gasteiger partial charge in [-0.1, -0.05) is 23.7 Å². The minimum Gasteiger partial charge on any atom is -0.754 e. The highest BCUT2D eigenvalue weighted by Gasteiger charge is 2.29. The minimum absolute atomic E-state index is 0.0270. The van der Waals surface area contributed by atoms with Crippen LogP contribution in [0.2, 0.25) is 5.02 Å². The molecule has 0 radical (unpaired) electrons. The van der Waals surface area contributed by atoms with E-state index in [2.05, 4.69) is 5.32 Å². The van der Waals surface area contributed by atoms with Crippen LogP contribution in [0.5, 0.6) is 0 Å². The number of hydrogen-bond acceptors (Lipinski definition) is 6. The van der Waals surface area contributed by atoms with E-state index in [1.54, 1.807) is 36.4 Å². The average Bonchev–Trinajstić information content (AvgIpc) is 3.14. The summed E-state index contributed by atoms with van der Waals surface area (Å²) in [5.74, 6) is -0.0636. The number of anilines is 1. The van der Waals surface area contributed by atoms with Crippen LogP contribution in [0.1, 0.15) is 22.3 Å². The van der Waals surface area contributed by atoms with Gasteiger partial charge in [-0.2, -0.15) is 0 Å². The Kier molecular flexibility index (Phi) is 4.06. The maximum absolute atomic E-state index is 12.4. The lowest BCUT2D eigenvalue weighted by molar-refractivity contribution is -0.384.